The third-order valence-electron chi connectivity index (χ3n) is 2.35. The van der Waals surface area contributed by atoms with Crippen molar-refractivity contribution in [3.8, 4) is 0 Å². The zero-order valence-corrected chi connectivity index (χ0v) is 9.35. The van der Waals surface area contributed by atoms with E-state index < -0.39 is 0 Å². The molecule has 1 N–H and O–H groups in total. The van der Waals surface area contributed by atoms with Crippen LogP contribution in [0.5, 0.6) is 0 Å². The van der Waals surface area contributed by atoms with E-state index in [2.05, 4.69) is 41.8 Å². The third-order valence-corrected chi connectivity index (χ3v) is 3.67. The van der Waals surface area contributed by atoms with Gasteiger partial charge >= 0.3 is 0 Å². The molecule has 1 aliphatic heterocycles. The zero-order chi connectivity index (χ0) is 8.32. The summed E-state index contributed by atoms with van der Waals surface area (Å²) < 4.78 is 6.37. The Morgan fingerprint density at radius 1 is 1.55 bits per heavy atom. The number of alkyl halides is 1. The molecule has 0 saturated carbocycles. The van der Waals surface area contributed by atoms with Gasteiger partial charge in [0.05, 0.1) is 12.2 Å². The maximum Gasteiger partial charge on any atom is 0.0781 e. The first-order valence-electron chi connectivity index (χ1n) is 4.14. The third kappa shape index (κ3) is 2.56. The van der Waals surface area contributed by atoms with Crippen LogP contribution in [-0.4, -0.2) is 29.2 Å². The van der Waals surface area contributed by atoms with Gasteiger partial charge in [0.2, 0.25) is 0 Å². The first-order chi connectivity index (χ1) is 5.15. The van der Waals surface area contributed by atoms with Crippen molar-refractivity contribution in [1.82, 2.24) is 5.32 Å². The molecular formula is C8H16INO. The lowest BCUT2D eigenvalue weighted by atomic mass is 9.99. The number of rotatable bonds is 1. The van der Waals surface area contributed by atoms with Gasteiger partial charge in [-0.25, -0.2) is 0 Å². The Hall–Kier alpha value is 0.650. The van der Waals surface area contributed by atoms with Crippen molar-refractivity contribution in [2.75, 3.05) is 19.7 Å². The maximum absolute atomic E-state index is 5.78. The molecule has 1 heterocycles. The van der Waals surface area contributed by atoms with Gasteiger partial charge in [-0.3, -0.25) is 0 Å². The van der Waals surface area contributed by atoms with Crippen LogP contribution in [0.15, 0.2) is 0 Å². The van der Waals surface area contributed by atoms with Crippen molar-refractivity contribution in [3.63, 3.8) is 0 Å². The highest BCUT2D eigenvalue weighted by Gasteiger charge is 2.30. The smallest absolute Gasteiger partial charge is 0.0781 e. The van der Waals surface area contributed by atoms with Crippen molar-refractivity contribution in [2.45, 2.75) is 29.8 Å². The molecule has 1 saturated heterocycles. The molecule has 2 unspecified atom stereocenters. The van der Waals surface area contributed by atoms with E-state index in [1.807, 2.05) is 0 Å². The predicted molar refractivity (Wildman–Crippen MR) is 55.3 cm³/mol. The fourth-order valence-corrected chi connectivity index (χ4v) is 1.70. The second-order valence-electron chi connectivity index (χ2n) is 3.28. The Morgan fingerprint density at radius 3 is 2.91 bits per heavy atom. The van der Waals surface area contributed by atoms with E-state index in [-0.39, 0.29) is 5.60 Å². The lowest BCUT2D eigenvalue weighted by Crippen LogP contribution is -2.37. The van der Waals surface area contributed by atoms with Crippen molar-refractivity contribution >= 4 is 22.6 Å². The van der Waals surface area contributed by atoms with Crippen molar-refractivity contribution in [2.24, 2.45) is 0 Å². The Balaban J connectivity index is 2.52. The normalized spacial score (nSPS) is 36.3. The highest BCUT2D eigenvalue weighted by atomic mass is 127. The largest absolute Gasteiger partial charge is 0.373 e. The maximum atomic E-state index is 5.78. The molecule has 0 aromatic rings. The molecule has 1 aliphatic rings. The Morgan fingerprint density at radius 2 is 2.27 bits per heavy atom. The van der Waals surface area contributed by atoms with Crippen molar-refractivity contribution in [3.05, 3.63) is 0 Å². The molecule has 3 heteroatoms. The van der Waals surface area contributed by atoms with E-state index in [4.69, 9.17) is 4.74 Å². The highest BCUT2D eigenvalue weighted by Crippen LogP contribution is 2.26. The van der Waals surface area contributed by atoms with Gasteiger partial charge in [-0.2, -0.15) is 0 Å². The molecule has 0 aromatic heterocycles. The summed E-state index contributed by atoms with van der Waals surface area (Å²) in [5.41, 5.74) is 0.0874. The molecule has 0 aromatic carbocycles. The number of ether oxygens (including phenoxy) is 1. The molecule has 1 fully saturated rings. The average Bonchev–Trinajstić information content (AvgIpc) is 2.15. The van der Waals surface area contributed by atoms with E-state index in [1.165, 1.54) is 0 Å². The molecular weight excluding hydrogens is 253 g/mol. The molecule has 0 radical (unpaired) electrons. The summed E-state index contributed by atoms with van der Waals surface area (Å²) in [5.74, 6) is 0. The fraction of sp³-hybridized carbons (Fsp3) is 1.00. The van der Waals surface area contributed by atoms with Gasteiger partial charge in [-0.15, -0.1) is 0 Å². The second kappa shape index (κ2) is 4.05. The molecule has 0 amide bonds. The number of hydrogen-bond acceptors (Lipinski definition) is 2. The minimum absolute atomic E-state index is 0.0874. The summed E-state index contributed by atoms with van der Waals surface area (Å²) in [6, 6.07) is 0. The van der Waals surface area contributed by atoms with Crippen LogP contribution in [-0.2, 0) is 4.74 Å². The van der Waals surface area contributed by atoms with E-state index in [9.17, 15) is 0 Å². The zero-order valence-electron chi connectivity index (χ0n) is 7.19. The minimum atomic E-state index is 0.0874. The number of nitrogens with one attached hydrogen (secondary N) is 1. The summed E-state index contributed by atoms with van der Waals surface area (Å²) >= 11 is 2.44. The summed E-state index contributed by atoms with van der Waals surface area (Å²) in [6.07, 6.45) is 1.12. The summed E-state index contributed by atoms with van der Waals surface area (Å²) in [5, 5.41) is 3.33. The van der Waals surface area contributed by atoms with Crippen LogP contribution in [0, 0.1) is 0 Å². The van der Waals surface area contributed by atoms with Crippen LogP contribution < -0.4 is 5.32 Å². The number of halogens is 1. The molecule has 0 bridgehead atoms. The van der Waals surface area contributed by atoms with Crippen LogP contribution in [0.4, 0.5) is 0 Å². The first kappa shape index (κ1) is 9.74. The van der Waals surface area contributed by atoms with Gasteiger partial charge in [0, 0.05) is 10.5 Å². The van der Waals surface area contributed by atoms with E-state index in [1.54, 1.807) is 0 Å². The van der Waals surface area contributed by atoms with Gasteiger partial charge in [-0.05, 0) is 19.9 Å². The molecule has 11 heavy (non-hydrogen) atoms. The highest BCUT2D eigenvalue weighted by molar-refractivity contribution is 14.1. The molecule has 0 aliphatic carbocycles. The summed E-state index contributed by atoms with van der Waals surface area (Å²) in [7, 11) is 0. The van der Waals surface area contributed by atoms with E-state index in [0.29, 0.717) is 3.92 Å². The van der Waals surface area contributed by atoms with E-state index in [0.717, 1.165) is 26.1 Å². The van der Waals surface area contributed by atoms with Crippen LogP contribution in [0.2, 0.25) is 0 Å². The van der Waals surface area contributed by atoms with Crippen LogP contribution in [0.25, 0.3) is 0 Å². The van der Waals surface area contributed by atoms with Crippen LogP contribution >= 0.6 is 22.6 Å². The summed E-state index contributed by atoms with van der Waals surface area (Å²) in [4.78, 5) is 0. The van der Waals surface area contributed by atoms with Gasteiger partial charge in [0.1, 0.15) is 0 Å². The van der Waals surface area contributed by atoms with Gasteiger partial charge in [-0.1, -0.05) is 29.5 Å². The van der Waals surface area contributed by atoms with Crippen LogP contribution in [0.3, 0.4) is 0 Å². The molecule has 1 rings (SSSR count). The monoisotopic (exact) mass is 269 g/mol. The van der Waals surface area contributed by atoms with E-state index >= 15 is 0 Å². The van der Waals surface area contributed by atoms with Crippen molar-refractivity contribution < 1.29 is 4.74 Å². The average molecular weight is 269 g/mol. The second-order valence-corrected chi connectivity index (χ2v) is 5.15. The fourth-order valence-electron chi connectivity index (χ4n) is 1.20. The van der Waals surface area contributed by atoms with Crippen molar-refractivity contribution in [1.29, 1.82) is 0 Å². The molecule has 2 nitrogen and oxygen atoms in total. The Kier molecular flexibility index (Phi) is 3.58. The summed E-state index contributed by atoms with van der Waals surface area (Å²) in [6.45, 7) is 7.36. The van der Waals surface area contributed by atoms with Gasteiger partial charge in [0.15, 0.2) is 0 Å². The lowest BCUT2D eigenvalue weighted by Gasteiger charge is -2.30. The van der Waals surface area contributed by atoms with Gasteiger partial charge in [0.25, 0.3) is 0 Å². The lowest BCUT2D eigenvalue weighted by molar-refractivity contribution is -0.0179. The molecule has 66 valence electrons. The Labute approximate surface area is 82.2 Å². The Bertz CT molecular complexity index is 119. The SMILES string of the molecule is CC(I)C1(C)CCNCCO1. The predicted octanol–water partition coefficient (Wildman–Crippen LogP) is 1.58. The standard InChI is InChI=1S/C8H16INO/c1-7(9)8(2)3-4-10-5-6-11-8/h7,10H,3-6H2,1-2H3. The number of hydrogen-bond donors (Lipinski definition) is 1. The first-order valence-corrected chi connectivity index (χ1v) is 5.38. The molecule has 0 spiro atoms. The molecule has 2 atom stereocenters. The van der Waals surface area contributed by atoms with Gasteiger partial charge < -0.3 is 10.1 Å². The minimum Gasteiger partial charge on any atom is -0.373 e. The quantitative estimate of drug-likeness (QED) is 0.576. The van der Waals surface area contributed by atoms with Crippen LogP contribution in [0.1, 0.15) is 20.3 Å². The topological polar surface area (TPSA) is 21.3 Å².